The number of nitrogens with one attached hydrogen (secondary N) is 1. The van der Waals surface area contributed by atoms with E-state index >= 15 is 0 Å². The summed E-state index contributed by atoms with van der Waals surface area (Å²) in [4.78, 5) is 11.4. The van der Waals surface area contributed by atoms with Crippen LogP contribution in [0.2, 0.25) is 0 Å². The summed E-state index contributed by atoms with van der Waals surface area (Å²) in [6.07, 6.45) is 2.15. The fraction of sp³-hybridized carbons (Fsp3) is 0.556. The van der Waals surface area contributed by atoms with Crippen molar-refractivity contribution in [2.45, 2.75) is 24.0 Å². The molecule has 5 nitrogen and oxygen atoms in total. The van der Waals surface area contributed by atoms with Gasteiger partial charge in [0.15, 0.2) is 5.16 Å². The Kier molecular flexibility index (Phi) is 2.97. The van der Waals surface area contributed by atoms with Crippen molar-refractivity contribution in [3.8, 4) is 0 Å². The molecule has 1 aromatic rings. The molecule has 0 bridgehead atoms. The van der Waals surface area contributed by atoms with Crippen molar-refractivity contribution in [3.05, 3.63) is 22.6 Å². The number of nitrogens with zero attached hydrogens (tertiary/aromatic N) is 2. The summed E-state index contributed by atoms with van der Waals surface area (Å²) >= 11 is 1.51. The zero-order valence-electron chi connectivity index (χ0n) is 8.40. The van der Waals surface area contributed by atoms with E-state index in [9.17, 15) is 4.79 Å². The Labute approximate surface area is 91.7 Å². The molecule has 15 heavy (non-hydrogen) atoms. The molecule has 0 unspecified atom stereocenters. The van der Waals surface area contributed by atoms with Crippen LogP contribution >= 0.6 is 11.8 Å². The number of aromatic amines is 1. The zero-order valence-corrected chi connectivity index (χ0v) is 9.22. The van der Waals surface area contributed by atoms with Crippen molar-refractivity contribution in [3.63, 3.8) is 0 Å². The first-order valence-corrected chi connectivity index (χ1v) is 5.87. The summed E-state index contributed by atoms with van der Waals surface area (Å²) in [5.41, 5.74) is 6.29. The molecule has 1 saturated carbocycles. The largest absolute Gasteiger partial charge is 0.344 e. The summed E-state index contributed by atoms with van der Waals surface area (Å²) in [5.74, 6) is 0.716. The molecular weight excluding hydrogens is 212 g/mol. The van der Waals surface area contributed by atoms with Gasteiger partial charge in [-0.25, -0.2) is 9.89 Å². The first-order valence-electron chi connectivity index (χ1n) is 4.88. The normalized spacial score (nSPS) is 15.5. The third-order valence-electron chi connectivity index (χ3n) is 2.28. The van der Waals surface area contributed by atoms with Gasteiger partial charge >= 0.3 is 5.69 Å². The molecule has 0 amide bonds. The van der Waals surface area contributed by atoms with E-state index in [4.69, 9.17) is 5.73 Å². The summed E-state index contributed by atoms with van der Waals surface area (Å²) < 4.78 is 1.73. The van der Waals surface area contributed by atoms with Crippen LogP contribution < -0.4 is 11.4 Å². The Balaban J connectivity index is 2.07. The highest BCUT2D eigenvalue weighted by molar-refractivity contribution is 7.99. The second-order valence-corrected chi connectivity index (χ2v) is 4.60. The average molecular weight is 226 g/mol. The zero-order chi connectivity index (χ0) is 10.8. The van der Waals surface area contributed by atoms with Gasteiger partial charge in [0, 0.05) is 18.3 Å². The van der Waals surface area contributed by atoms with E-state index in [1.165, 1.54) is 11.8 Å². The van der Waals surface area contributed by atoms with Crippen LogP contribution in [0.25, 0.3) is 0 Å². The van der Waals surface area contributed by atoms with Crippen LogP contribution in [0.3, 0.4) is 0 Å². The molecule has 2 rings (SSSR count). The molecule has 1 aliphatic rings. The number of H-pyrrole nitrogens is 1. The van der Waals surface area contributed by atoms with Crippen LogP contribution in [0.15, 0.2) is 22.1 Å². The molecule has 0 saturated heterocycles. The highest BCUT2D eigenvalue weighted by atomic mass is 32.2. The molecule has 6 heteroatoms. The van der Waals surface area contributed by atoms with Gasteiger partial charge in [-0.2, -0.15) is 0 Å². The lowest BCUT2D eigenvalue weighted by Crippen LogP contribution is -2.16. The molecule has 1 heterocycles. The molecule has 1 aromatic heterocycles. The van der Waals surface area contributed by atoms with E-state index < -0.39 is 0 Å². The van der Waals surface area contributed by atoms with E-state index in [2.05, 4.69) is 16.8 Å². The van der Waals surface area contributed by atoms with Gasteiger partial charge in [-0.3, -0.25) is 4.57 Å². The summed E-state index contributed by atoms with van der Waals surface area (Å²) in [6.45, 7) is 4.29. The van der Waals surface area contributed by atoms with Crippen molar-refractivity contribution >= 4 is 11.8 Å². The molecule has 0 aromatic carbocycles. The second-order valence-electron chi connectivity index (χ2n) is 3.66. The lowest BCUT2D eigenvalue weighted by atomic mass is 10.4. The molecule has 0 radical (unpaired) electrons. The minimum atomic E-state index is -0.113. The maximum atomic E-state index is 11.4. The highest BCUT2D eigenvalue weighted by Crippen LogP contribution is 2.36. The second kappa shape index (κ2) is 4.24. The van der Waals surface area contributed by atoms with Gasteiger partial charge in [0.25, 0.3) is 0 Å². The van der Waals surface area contributed by atoms with E-state index in [1.807, 2.05) is 0 Å². The minimum absolute atomic E-state index is 0.113. The molecule has 0 spiro atoms. The quantitative estimate of drug-likeness (QED) is 0.566. The van der Waals surface area contributed by atoms with Gasteiger partial charge in [-0.05, 0) is 12.8 Å². The smallest absolute Gasteiger partial charge is 0.327 e. The maximum Gasteiger partial charge on any atom is 0.344 e. The number of nitrogens with two attached hydrogens (primary N) is 1. The molecule has 0 aliphatic heterocycles. The van der Waals surface area contributed by atoms with Crippen molar-refractivity contribution in [1.29, 1.82) is 0 Å². The predicted molar refractivity (Wildman–Crippen MR) is 60.0 cm³/mol. The topological polar surface area (TPSA) is 76.7 Å². The van der Waals surface area contributed by atoms with Crippen LogP contribution in [-0.2, 0) is 0 Å². The first-order chi connectivity index (χ1) is 7.22. The number of rotatable bonds is 5. The fourth-order valence-corrected chi connectivity index (χ4v) is 2.20. The van der Waals surface area contributed by atoms with Gasteiger partial charge in [0.05, 0.1) is 0 Å². The molecule has 82 valence electrons. The first kappa shape index (κ1) is 10.5. The Morgan fingerprint density at radius 3 is 3.07 bits per heavy atom. The van der Waals surface area contributed by atoms with E-state index in [1.54, 1.807) is 4.57 Å². The Morgan fingerprint density at radius 2 is 2.47 bits per heavy atom. The summed E-state index contributed by atoms with van der Waals surface area (Å²) in [5, 5.41) is 7.21. The Morgan fingerprint density at radius 1 is 1.73 bits per heavy atom. The lowest BCUT2D eigenvalue weighted by Gasteiger charge is -2.03. The van der Waals surface area contributed by atoms with Crippen molar-refractivity contribution in [2.75, 3.05) is 12.3 Å². The number of hydrogen-bond donors (Lipinski definition) is 2. The third-order valence-corrected chi connectivity index (χ3v) is 3.38. The highest BCUT2D eigenvalue weighted by Gasteiger charge is 2.28. The molecule has 1 fully saturated rings. The predicted octanol–water partition coefficient (Wildman–Crippen LogP) is 0.513. The maximum absolute atomic E-state index is 11.4. The van der Waals surface area contributed by atoms with E-state index in [0.717, 1.165) is 23.6 Å². The number of hydrogen-bond acceptors (Lipinski definition) is 4. The van der Waals surface area contributed by atoms with Gasteiger partial charge in [-0.15, -0.1) is 5.10 Å². The van der Waals surface area contributed by atoms with Crippen LogP contribution in [0.4, 0.5) is 0 Å². The van der Waals surface area contributed by atoms with E-state index in [-0.39, 0.29) is 5.69 Å². The lowest BCUT2D eigenvalue weighted by molar-refractivity contribution is 0.643. The summed E-state index contributed by atoms with van der Waals surface area (Å²) in [6, 6.07) is 0.352. The third kappa shape index (κ3) is 2.32. The molecule has 0 atom stereocenters. The van der Waals surface area contributed by atoms with Crippen molar-refractivity contribution in [2.24, 2.45) is 5.73 Å². The van der Waals surface area contributed by atoms with Gasteiger partial charge in [-0.1, -0.05) is 23.9 Å². The van der Waals surface area contributed by atoms with Crippen LogP contribution in [0, 0.1) is 0 Å². The van der Waals surface area contributed by atoms with Crippen molar-refractivity contribution in [1.82, 2.24) is 14.8 Å². The van der Waals surface area contributed by atoms with Crippen LogP contribution in [0.5, 0.6) is 0 Å². The van der Waals surface area contributed by atoms with Gasteiger partial charge in [0.1, 0.15) is 0 Å². The number of thioether (sulfide) groups is 1. The van der Waals surface area contributed by atoms with Gasteiger partial charge in [0.2, 0.25) is 0 Å². The molecule has 1 aliphatic carbocycles. The average Bonchev–Trinajstić information content (AvgIpc) is 3.00. The Bertz CT molecular complexity index is 418. The molecular formula is C9H14N4OS. The fourth-order valence-electron chi connectivity index (χ4n) is 1.27. The SMILES string of the molecule is C=C(CN)CSc1n[nH]c(=O)n1C1CC1. The van der Waals surface area contributed by atoms with Crippen LogP contribution in [0.1, 0.15) is 18.9 Å². The minimum Gasteiger partial charge on any atom is -0.327 e. The number of aromatic nitrogens is 3. The summed E-state index contributed by atoms with van der Waals surface area (Å²) in [7, 11) is 0. The Hall–Kier alpha value is -1.01. The molecule has 3 N–H and O–H groups in total. The standard InChI is InChI=1S/C9H14N4OS/c1-6(4-10)5-15-9-12-11-8(14)13(9)7-2-3-7/h7H,1-5,10H2,(H,11,14). The van der Waals surface area contributed by atoms with E-state index in [0.29, 0.717) is 18.3 Å². The van der Waals surface area contributed by atoms with Crippen LogP contribution in [-0.4, -0.2) is 27.1 Å². The van der Waals surface area contributed by atoms with Gasteiger partial charge < -0.3 is 5.73 Å². The van der Waals surface area contributed by atoms with Crippen molar-refractivity contribution < 1.29 is 0 Å². The monoisotopic (exact) mass is 226 g/mol.